The Labute approximate surface area is 179 Å². The van der Waals surface area contributed by atoms with Gasteiger partial charge in [0.15, 0.2) is 8.32 Å². The zero-order valence-electron chi connectivity index (χ0n) is 18.3. The zero-order chi connectivity index (χ0) is 22.3. The Bertz CT molecular complexity index is 707. The fraction of sp³-hybridized carbons (Fsp3) is 0.636. The molecule has 0 saturated heterocycles. The molecule has 0 amide bonds. The SMILES string of the molecule is CC[Si](CC)(CC)OC(CNCC#CC(C)(C)C)c1c(Cl)cccc1C(F)(F)F. The molecule has 0 heterocycles. The van der Waals surface area contributed by atoms with E-state index in [1.165, 1.54) is 12.1 Å². The fourth-order valence-electron chi connectivity index (χ4n) is 3.19. The molecule has 0 aliphatic rings. The normalized spacial score (nSPS) is 13.7. The summed E-state index contributed by atoms with van der Waals surface area (Å²) in [6.45, 7) is 12.8. The minimum atomic E-state index is -4.50. The minimum Gasteiger partial charge on any atom is -0.409 e. The number of hydrogen-bond donors (Lipinski definition) is 1. The Morgan fingerprint density at radius 3 is 2.17 bits per heavy atom. The van der Waals surface area contributed by atoms with Crippen molar-refractivity contribution in [2.45, 2.75) is 72.0 Å². The zero-order valence-corrected chi connectivity index (χ0v) is 20.0. The summed E-state index contributed by atoms with van der Waals surface area (Å²) in [6.07, 6.45) is -5.27. The molecule has 7 heteroatoms. The van der Waals surface area contributed by atoms with E-state index in [4.69, 9.17) is 16.0 Å². The number of halogens is 4. The van der Waals surface area contributed by atoms with Crippen molar-refractivity contribution in [3.05, 3.63) is 34.3 Å². The summed E-state index contributed by atoms with van der Waals surface area (Å²) < 4.78 is 47.6. The first-order chi connectivity index (χ1) is 13.4. The Kier molecular flexibility index (Phi) is 9.74. The van der Waals surface area contributed by atoms with Gasteiger partial charge in [-0.15, -0.1) is 0 Å². The second-order valence-corrected chi connectivity index (χ2v) is 13.4. The van der Waals surface area contributed by atoms with E-state index in [0.29, 0.717) is 6.54 Å². The Morgan fingerprint density at radius 1 is 1.10 bits per heavy atom. The van der Waals surface area contributed by atoms with Crippen LogP contribution in [0.1, 0.15) is 58.8 Å². The van der Waals surface area contributed by atoms with Crippen LogP contribution in [0, 0.1) is 17.3 Å². The van der Waals surface area contributed by atoms with Gasteiger partial charge in [0, 0.05) is 22.5 Å². The lowest BCUT2D eigenvalue weighted by atomic mass is 9.98. The van der Waals surface area contributed by atoms with Crippen LogP contribution in [0.3, 0.4) is 0 Å². The molecule has 2 nitrogen and oxygen atoms in total. The van der Waals surface area contributed by atoms with Crippen LogP contribution in [0.25, 0.3) is 0 Å². The molecule has 0 aliphatic heterocycles. The molecule has 1 unspecified atom stereocenters. The molecule has 164 valence electrons. The average molecular weight is 448 g/mol. The fourth-order valence-corrected chi connectivity index (χ4v) is 6.29. The number of hydrogen-bond acceptors (Lipinski definition) is 2. The van der Waals surface area contributed by atoms with Crippen molar-refractivity contribution in [3.63, 3.8) is 0 Å². The van der Waals surface area contributed by atoms with Crippen molar-refractivity contribution in [3.8, 4) is 11.8 Å². The van der Waals surface area contributed by atoms with Gasteiger partial charge < -0.3 is 9.74 Å². The van der Waals surface area contributed by atoms with Crippen molar-refractivity contribution in [1.29, 1.82) is 0 Å². The van der Waals surface area contributed by atoms with Crippen LogP contribution in [0.15, 0.2) is 18.2 Å². The molecular weight excluding hydrogens is 415 g/mol. The van der Waals surface area contributed by atoms with Crippen molar-refractivity contribution >= 4 is 19.9 Å². The molecule has 0 spiro atoms. The molecule has 0 radical (unpaired) electrons. The van der Waals surface area contributed by atoms with Crippen LogP contribution < -0.4 is 5.32 Å². The largest absolute Gasteiger partial charge is 0.416 e. The van der Waals surface area contributed by atoms with Gasteiger partial charge in [-0.3, -0.25) is 0 Å². The summed E-state index contributed by atoms with van der Waals surface area (Å²) in [5.41, 5.74) is -0.840. The molecule has 29 heavy (non-hydrogen) atoms. The van der Waals surface area contributed by atoms with Gasteiger partial charge in [-0.1, -0.05) is 50.3 Å². The average Bonchev–Trinajstić information content (AvgIpc) is 2.63. The smallest absolute Gasteiger partial charge is 0.409 e. The maximum Gasteiger partial charge on any atom is 0.416 e. The van der Waals surface area contributed by atoms with Crippen LogP contribution in [0.5, 0.6) is 0 Å². The number of nitrogens with one attached hydrogen (secondary N) is 1. The van der Waals surface area contributed by atoms with Gasteiger partial charge in [0.25, 0.3) is 0 Å². The van der Waals surface area contributed by atoms with E-state index in [9.17, 15) is 13.2 Å². The van der Waals surface area contributed by atoms with Crippen LogP contribution in [-0.2, 0) is 10.6 Å². The molecule has 0 bridgehead atoms. The third-order valence-electron chi connectivity index (χ3n) is 5.01. The van der Waals surface area contributed by atoms with Gasteiger partial charge in [-0.25, -0.2) is 0 Å². The van der Waals surface area contributed by atoms with Crippen LogP contribution in [0.2, 0.25) is 23.2 Å². The van der Waals surface area contributed by atoms with E-state index < -0.39 is 26.2 Å². The van der Waals surface area contributed by atoms with Crippen molar-refractivity contribution in [2.75, 3.05) is 13.1 Å². The first kappa shape index (κ1) is 26.0. The van der Waals surface area contributed by atoms with Gasteiger partial charge in [-0.05, 0) is 51.0 Å². The summed E-state index contributed by atoms with van der Waals surface area (Å²) in [5, 5.41) is 3.24. The second-order valence-electron chi connectivity index (χ2n) is 8.23. The maximum absolute atomic E-state index is 13.7. The van der Waals surface area contributed by atoms with Crippen LogP contribution >= 0.6 is 11.6 Å². The van der Waals surface area contributed by atoms with Gasteiger partial charge in [0.1, 0.15) is 0 Å². The van der Waals surface area contributed by atoms with Crippen LogP contribution in [0.4, 0.5) is 13.2 Å². The Balaban J connectivity index is 3.26. The highest BCUT2D eigenvalue weighted by Gasteiger charge is 2.39. The summed E-state index contributed by atoms with van der Waals surface area (Å²) in [4.78, 5) is 0. The minimum absolute atomic E-state index is 0.0187. The third-order valence-corrected chi connectivity index (χ3v) is 9.99. The van der Waals surface area contributed by atoms with Crippen molar-refractivity contribution < 1.29 is 17.6 Å². The van der Waals surface area contributed by atoms with E-state index in [-0.39, 0.29) is 22.5 Å². The highest BCUT2D eigenvalue weighted by molar-refractivity contribution is 6.73. The summed E-state index contributed by atoms with van der Waals surface area (Å²) in [7, 11) is -2.17. The molecular formula is C22H33ClF3NOSi. The summed E-state index contributed by atoms with van der Waals surface area (Å²) in [5.74, 6) is 6.15. The third kappa shape index (κ3) is 7.97. The molecule has 0 saturated carbocycles. The molecule has 1 aromatic rings. The highest BCUT2D eigenvalue weighted by atomic mass is 35.5. The standard InChI is InChI=1S/C22H33ClF3NOSi/c1-7-29(8-2,9-3)28-19(16-27-15-11-14-21(4,5)6)20-17(22(24,25)26)12-10-13-18(20)23/h10,12-13,19,27H,7-9,15-16H2,1-6H3. The molecule has 0 aliphatic carbocycles. The first-order valence-electron chi connectivity index (χ1n) is 10.1. The maximum atomic E-state index is 13.7. The number of benzene rings is 1. The van der Waals surface area contributed by atoms with E-state index >= 15 is 0 Å². The van der Waals surface area contributed by atoms with Gasteiger partial charge in [0.05, 0.1) is 18.2 Å². The lowest BCUT2D eigenvalue weighted by Gasteiger charge is -2.35. The molecule has 0 aromatic heterocycles. The topological polar surface area (TPSA) is 21.3 Å². The number of alkyl halides is 3. The molecule has 1 aromatic carbocycles. The lowest BCUT2D eigenvalue weighted by Crippen LogP contribution is -2.40. The van der Waals surface area contributed by atoms with E-state index in [2.05, 4.69) is 37.9 Å². The molecule has 0 fully saturated rings. The van der Waals surface area contributed by atoms with Gasteiger partial charge in [0.2, 0.25) is 0 Å². The van der Waals surface area contributed by atoms with Crippen molar-refractivity contribution in [2.24, 2.45) is 5.41 Å². The van der Waals surface area contributed by atoms with Crippen LogP contribution in [-0.4, -0.2) is 21.4 Å². The Hall–Kier alpha value is -1.00. The molecule has 1 atom stereocenters. The Morgan fingerprint density at radius 2 is 1.69 bits per heavy atom. The van der Waals surface area contributed by atoms with Gasteiger partial charge >= 0.3 is 6.18 Å². The van der Waals surface area contributed by atoms with E-state index in [0.717, 1.165) is 24.2 Å². The van der Waals surface area contributed by atoms with E-state index in [1.54, 1.807) is 0 Å². The predicted octanol–water partition coefficient (Wildman–Crippen LogP) is 7.06. The summed E-state index contributed by atoms with van der Waals surface area (Å²) in [6, 6.07) is 6.42. The first-order valence-corrected chi connectivity index (χ1v) is 13.0. The van der Waals surface area contributed by atoms with E-state index in [1.807, 2.05) is 20.8 Å². The number of rotatable bonds is 9. The monoisotopic (exact) mass is 447 g/mol. The predicted molar refractivity (Wildman–Crippen MR) is 118 cm³/mol. The highest BCUT2D eigenvalue weighted by Crippen LogP contribution is 2.41. The molecule has 1 rings (SSSR count). The quantitative estimate of drug-likeness (QED) is 0.248. The van der Waals surface area contributed by atoms with Gasteiger partial charge in [-0.2, -0.15) is 13.2 Å². The molecule has 1 N–H and O–H groups in total. The van der Waals surface area contributed by atoms with Crippen molar-refractivity contribution in [1.82, 2.24) is 5.32 Å². The second kappa shape index (κ2) is 10.9. The summed E-state index contributed by atoms with van der Waals surface area (Å²) >= 11 is 6.27. The lowest BCUT2D eigenvalue weighted by molar-refractivity contribution is -0.139.